The molecule has 0 saturated heterocycles. The molecule has 4 aromatic rings. The minimum atomic E-state index is -0.197. The van der Waals surface area contributed by atoms with Crippen molar-refractivity contribution in [3.8, 4) is 22.9 Å². The molecule has 8 nitrogen and oxygen atoms in total. The van der Waals surface area contributed by atoms with Crippen molar-refractivity contribution < 1.29 is 19.0 Å². The number of carbonyl (C=O) groups is 1. The normalized spacial score (nSPS) is 10.8. The van der Waals surface area contributed by atoms with Gasteiger partial charge in [0, 0.05) is 6.54 Å². The molecule has 1 N–H and O–H groups in total. The summed E-state index contributed by atoms with van der Waals surface area (Å²) in [5, 5.41) is 5.14. The van der Waals surface area contributed by atoms with Crippen LogP contribution in [0.15, 0.2) is 63.9 Å². The van der Waals surface area contributed by atoms with Crippen LogP contribution in [0.4, 0.5) is 0 Å². The first-order chi connectivity index (χ1) is 16.5. The van der Waals surface area contributed by atoms with Crippen LogP contribution in [0.3, 0.4) is 0 Å². The fraction of sp³-hybridized carbons (Fsp3) is 0.208. The molecule has 176 valence electrons. The predicted molar refractivity (Wildman–Crippen MR) is 134 cm³/mol. The number of thioether (sulfide) groups is 1. The lowest BCUT2D eigenvalue weighted by Crippen LogP contribution is -2.26. The number of nitrogens with one attached hydrogen (secondary N) is 1. The van der Waals surface area contributed by atoms with Gasteiger partial charge in [0.05, 0.1) is 38.3 Å². The van der Waals surface area contributed by atoms with Gasteiger partial charge in [-0.1, -0.05) is 30.0 Å². The lowest BCUT2D eigenvalue weighted by Gasteiger charge is -2.15. The van der Waals surface area contributed by atoms with Crippen molar-refractivity contribution in [1.82, 2.24) is 14.9 Å². The quantitative estimate of drug-likeness (QED) is 0.277. The van der Waals surface area contributed by atoms with E-state index in [4.69, 9.17) is 14.2 Å². The second-order valence-corrected chi connectivity index (χ2v) is 8.96. The third-order valence-corrected chi connectivity index (χ3v) is 6.88. The van der Waals surface area contributed by atoms with E-state index in [2.05, 4.69) is 10.3 Å². The van der Waals surface area contributed by atoms with E-state index in [-0.39, 0.29) is 17.2 Å². The molecular formula is C24H23N3O5S2. The van der Waals surface area contributed by atoms with Crippen molar-refractivity contribution in [3.63, 3.8) is 0 Å². The summed E-state index contributed by atoms with van der Waals surface area (Å²) in [6, 6.07) is 14.5. The number of rotatable bonds is 9. The Hall–Kier alpha value is -3.50. The molecule has 0 aliphatic heterocycles. The molecule has 0 fully saturated rings. The molecule has 0 aliphatic carbocycles. The van der Waals surface area contributed by atoms with Gasteiger partial charge in [-0.2, -0.15) is 0 Å². The summed E-state index contributed by atoms with van der Waals surface area (Å²) in [5.74, 6) is 1.66. The van der Waals surface area contributed by atoms with Crippen molar-refractivity contribution >= 4 is 39.2 Å². The Morgan fingerprint density at radius 1 is 1.03 bits per heavy atom. The number of hydrogen-bond donors (Lipinski definition) is 1. The molecule has 2 aromatic carbocycles. The first-order valence-electron chi connectivity index (χ1n) is 10.3. The van der Waals surface area contributed by atoms with Crippen LogP contribution in [-0.4, -0.2) is 42.5 Å². The molecule has 0 bridgehead atoms. The fourth-order valence-corrected chi connectivity index (χ4v) is 4.98. The first kappa shape index (κ1) is 23.7. The Bertz CT molecular complexity index is 1380. The van der Waals surface area contributed by atoms with Crippen LogP contribution in [0.2, 0.25) is 0 Å². The second-order valence-electron chi connectivity index (χ2n) is 7.10. The highest BCUT2D eigenvalue weighted by molar-refractivity contribution is 7.99. The Labute approximate surface area is 204 Å². The van der Waals surface area contributed by atoms with Crippen LogP contribution < -0.4 is 25.1 Å². The number of aromatic nitrogens is 2. The second kappa shape index (κ2) is 10.6. The summed E-state index contributed by atoms with van der Waals surface area (Å²) < 4.78 is 18.1. The van der Waals surface area contributed by atoms with E-state index in [1.165, 1.54) is 27.7 Å². The first-order valence-corrected chi connectivity index (χ1v) is 12.2. The molecule has 0 spiro atoms. The SMILES string of the molecule is COc1ccc(CNC(=O)CSc2nc3ccsc3c(=O)n2-c2ccccc2OC)cc1OC. The molecular weight excluding hydrogens is 474 g/mol. The van der Waals surface area contributed by atoms with Crippen molar-refractivity contribution in [3.05, 3.63) is 69.8 Å². The molecule has 0 aliphatic rings. The van der Waals surface area contributed by atoms with Crippen molar-refractivity contribution in [2.75, 3.05) is 27.1 Å². The maximum Gasteiger partial charge on any atom is 0.276 e. The predicted octanol–water partition coefficient (Wildman–Crippen LogP) is 3.88. The van der Waals surface area contributed by atoms with Gasteiger partial charge in [0.15, 0.2) is 16.7 Å². The Balaban J connectivity index is 1.54. The van der Waals surface area contributed by atoms with E-state index in [1.807, 2.05) is 29.6 Å². The van der Waals surface area contributed by atoms with Crippen LogP contribution in [0.25, 0.3) is 15.9 Å². The minimum absolute atomic E-state index is 0.0878. The third kappa shape index (κ3) is 4.87. The summed E-state index contributed by atoms with van der Waals surface area (Å²) >= 11 is 2.53. The highest BCUT2D eigenvalue weighted by Gasteiger charge is 2.18. The minimum Gasteiger partial charge on any atom is -0.495 e. The van der Waals surface area contributed by atoms with Gasteiger partial charge in [-0.25, -0.2) is 4.98 Å². The molecule has 2 aromatic heterocycles. The smallest absolute Gasteiger partial charge is 0.276 e. The Morgan fingerprint density at radius 3 is 2.56 bits per heavy atom. The zero-order valence-electron chi connectivity index (χ0n) is 18.9. The standard InChI is InChI=1S/C24H23N3O5S2/c1-30-18-7-5-4-6-17(18)27-23(29)22-16(10-11-33-22)26-24(27)34-14-21(28)25-13-15-8-9-19(31-2)20(12-15)32-3/h4-12H,13-14H2,1-3H3,(H,25,28). The number of methoxy groups -OCH3 is 3. The number of hydrogen-bond acceptors (Lipinski definition) is 8. The summed E-state index contributed by atoms with van der Waals surface area (Å²) in [4.78, 5) is 30.6. The average molecular weight is 498 g/mol. The number of carbonyl (C=O) groups excluding carboxylic acids is 1. The van der Waals surface area contributed by atoms with Crippen LogP contribution in [0.1, 0.15) is 5.56 Å². The monoisotopic (exact) mass is 497 g/mol. The van der Waals surface area contributed by atoms with Crippen LogP contribution in [0, 0.1) is 0 Å². The largest absolute Gasteiger partial charge is 0.495 e. The molecule has 0 atom stereocenters. The fourth-order valence-electron chi connectivity index (χ4n) is 3.39. The van der Waals surface area contributed by atoms with Crippen LogP contribution in [-0.2, 0) is 11.3 Å². The van der Waals surface area contributed by atoms with Gasteiger partial charge < -0.3 is 19.5 Å². The van der Waals surface area contributed by atoms with E-state index in [1.54, 1.807) is 45.6 Å². The lowest BCUT2D eigenvalue weighted by molar-refractivity contribution is -0.118. The number of para-hydroxylation sites is 2. The zero-order chi connectivity index (χ0) is 24.1. The maximum atomic E-state index is 13.3. The van der Waals surface area contributed by atoms with Crippen molar-refractivity contribution in [2.24, 2.45) is 0 Å². The van der Waals surface area contributed by atoms with Gasteiger partial charge in [-0.15, -0.1) is 11.3 Å². The zero-order valence-corrected chi connectivity index (χ0v) is 20.5. The average Bonchev–Trinajstić information content (AvgIpc) is 3.35. The van der Waals surface area contributed by atoms with Crippen LogP contribution in [0.5, 0.6) is 17.2 Å². The van der Waals surface area contributed by atoms with Crippen LogP contribution >= 0.6 is 23.1 Å². The summed E-state index contributed by atoms with van der Waals surface area (Å²) in [6.45, 7) is 0.329. The Morgan fingerprint density at radius 2 is 1.79 bits per heavy atom. The summed E-state index contributed by atoms with van der Waals surface area (Å²) in [7, 11) is 4.69. The van der Waals surface area contributed by atoms with Gasteiger partial charge in [-0.05, 0) is 41.3 Å². The molecule has 0 unspecified atom stereocenters. The molecule has 10 heteroatoms. The highest BCUT2D eigenvalue weighted by atomic mass is 32.2. The number of thiophene rings is 1. The van der Waals surface area contributed by atoms with E-state index in [0.29, 0.717) is 44.9 Å². The topological polar surface area (TPSA) is 91.7 Å². The van der Waals surface area contributed by atoms with E-state index in [0.717, 1.165) is 5.56 Å². The van der Waals surface area contributed by atoms with E-state index >= 15 is 0 Å². The molecule has 0 radical (unpaired) electrons. The maximum absolute atomic E-state index is 13.3. The number of benzene rings is 2. The number of ether oxygens (including phenoxy) is 3. The molecule has 1 amide bonds. The number of nitrogens with zero attached hydrogens (tertiary/aromatic N) is 2. The van der Waals surface area contributed by atoms with E-state index in [9.17, 15) is 9.59 Å². The lowest BCUT2D eigenvalue weighted by atomic mass is 10.2. The summed E-state index contributed by atoms with van der Waals surface area (Å²) in [5.41, 5.74) is 1.86. The highest BCUT2D eigenvalue weighted by Crippen LogP contribution is 2.29. The number of amides is 1. The third-order valence-electron chi connectivity index (χ3n) is 5.05. The van der Waals surface area contributed by atoms with Gasteiger partial charge in [0.2, 0.25) is 5.91 Å². The molecule has 34 heavy (non-hydrogen) atoms. The van der Waals surface area contributed by atoms with E-state index < -0.39 is 0 Å². The molecule has 0 saturated carbocycles. The van der Waals surface area contributed by atoms with Crippen molar-refractivity contribution in [2.45, 2.75) is 11.7 Å². The Kier molecular flexibility index (Phi) is 7.39. The molecule has 2 heterocycles. The summed E-state index contributed by atoms with van der Waals surface area (Å²) in [6.07, 6.45) is 0. The van der Waals surface area contributed by atoms with Gasteiger partial charge in [-0.3, -0.25) is 14.2 Å². The van der Waals surface area contributed by atoms with Gasteiger partial charge in [0.25, 0.3) is 5.56 Å². The van der Waals surface area contributed by atoms with Crippen molar-refractivity contribution in [1.29, 1.82) is 0 Å². The number of fused-ring (bicyclic) bond motifs is 1. The molecule has 4 rings (SSSR count). The van der Waals surface area contributed by atoms with Gasteiger partial charge in [0.1, 0.15) is 10.4 Å². The van der Waals surface area contributed by atoms with Gasteiger partial charge >= 0.3 is 0 Å².